The number of aromatic nitrogens is 3. The molecule has 4 rings (SSSR count). The van der Waals surface area contributed by atoms with Crippen LogP contribution in [0.3, 0.4) is 0 Å². The highest BCUT2D eigenvalue weighted by molar-refractivity contribution is 9.10. The number of ether oxygens (including phenoxy) is 1. The van der Waals surface area contributed by atoms with Crippen molar-refractivity contribution in [3.8, 4) is 22.8 Å². The summed E-state index contributed by atoms with van der Waals surface area (Å²) in [7, 11) is 0. The predicted molar refractivity (Wildman–Crippen MR) is 112 cm³/mol. The molecular weight excluding hydrogens is 523 g/mol. The molecule has 160 valence electrons. The van der Waals surface area contributed by atoms with Gasteiger partial charge in [0.15, 0.2) is 10.0 Å². The summed E-state index contributed by atoms with van der Waals surface area (Å²) in [6.45, 7) is 0.119. The van der Waals surface area contributed by atoms with Gasteiger partial charge in [0.1, 0.15) is 16.8 Å². The first kappa shape index (κ1) is 21.6. The second-order valence-electron chi connectivity index (χ2n) is 6.29. The van der Waals surface area contributed by atoms with Crippen LogP contribution in [0.1, 0.15) is 4.88 Å². The van der Waals surface area contributed by atoms with Crippen molar-refractivity contribution in [3.63, 3.8) is 0 Å². The molecule has 0 spiro atoms. The minimum Gasteiger partial charge on any atom is -0.477 e. The molecule has 4 aromatic rings. The highest BCUT2D eigenvalue weighted by atomic mass is 79.9. The lowest BCUT2D eigenvalue weighted by atomic mass is 10.1. The van der Waals surface area contributed by atoms with Gasteiger partial charge in [-0.05, 0) is 40.2 Å². The van der Waals surface area contributed by atoms with Crippen LogP contribution in [-0.2, 0) is 6.54 Å². The van der Waals surface area contributed by atoms with Gasteiger partial charge < -0.3 is 9.84 Å². The average Bonchev–Trinajstić information content (AvgIpc) is 3.09. The fourth-order valence-electron chi connectivity index (χ4n) is 3.11. The molecule has 0 bridgehead atoms. The van der Waals surface area contributed by atoms with E-state index >= 15 is 0 Å². The van der Waals surface area contributed by atoms with E-state index in [4.69, 9.17) is 11.6 Å². The van der Waals surface area contributed by atoms with E-state index in [-0.39, 0.29) is 17.7 Å². The summed E-state index contributed by atoms with van der Waals surface area (Å²) in [6.07, 6.45) is -1.86. The van der Waals surface area contributed by atoms with E-state index < -0.39 is 23.6 Å². The van der Waals surface area contributed by atoms with Crippen molar-refractivity contribution < 1.29 is 27.4 Å². The van der Waals surface area contributed by atoms with Crippen molar-refractivity contribution in [2.24, 2.45) is 0 Å². The Kier molecular flexibility index (Phi) is 5.67. The minimum atomic E-state index is -4.89. The molecule has 12 heteroatoms. The topological polar surface area (TPSA) is 68.4 Å². The molecule has 0 aliphatic carbocycles. The highest BCUT2D eigenvalue weighted by Gasteiger charge is 2.32. The van der Waals surface area contributed by atoms with Gasteiger partial charge >= 0.3 is 17.6 Å². The van der Waals surface area contributed by atoms with Gasteiger partial charge in [0.25, 0.3) is 5.88 Å². The monoisotopic (exact) mass is 532 g/mol. The van der Waals surface area contributed by atoms with Crippen molar-refractivity contribution >= 4 is 44.5 Å². The molecule has 6 nitrogen and oxygen atoms in total. The molecule has 0 saturated carbocycles. The number of alkyl halides is 3. The van der Waals surface area contributed by atoms with Gasteiger partial charge in [0.05, 0.1) is 11.1 Å². The predicted octanol–water partition coefficient (Wildman–Crippen LogP) is 4.78. The average molecular weight is 534 g/mol. The molecule has 3 heterocycles. The second kappa shape index (κ2) is 8.13. The summed E-state index contributed by atoms with van der Waals surface area (Å²) in [4.78, 5) is 17.9. The summed E-state index contributed by atoms with van der Waals surface area (Å²) in [6, 6.07) is 8.19. The zero-order valence-corrected chi connectivity index (χ0v) is 18.4. The molecule has 31 heavy (non-hydrogen) atoms. The van der Waals surface area contributed by atoms with Crippen LogP contribution in [-0.4, -0.2) is 21.0 Å². The van der Waals surface area contributed by atoms with Gasteiger partial charge in [-0.15, -0.1) is 24.5 Å². The fourth-order valence-corrected chi connectivity index (χ4v) is 4.64. The van der Waals surface area contributed by atoms with Crippen molar-refractivity contribution in [1.82, 2.24) is 9.55 Å². The highest BCUT2D eigenvalue weighted by Crippen LogP contribution is 2.33. The SMILES string of the molecule is O=c1c(-c2cccc(OC(F)(F)F)c2)c(O)n(Cc2cnc(Cl)s2)c2c(Br)ccc[n+]12. The third-order valence-corrected chi connectivity index (χ3v) is 6.00. The maximum atomic E-state index is 13.2. The number of hydrogen-bond donors (Lipinski definition) is 1. The summed E-state index contributed by atoms with van der Waals surface area (Å²) >= 11 is 10.5. The molecule has 0 radical (unpaired) electrons. The van der Waals surface area contributed by atoms with E-state index in [9.17, 15) is 23.1 Å². The van der Waals surface area contributed by atoms with Crippen molar-refractivity contribution in [1.29, 1.82) is 0 Å². The molecule has 0 saturated heterocycles. The smallest absolute Gasteiger partial charge is 0.477 e. The van der Waals surface area contributed by atoms with Gasteiger partial charge in [0.2, 0.25) is 0 Å². The number of benzene rings is 1. The lowest BCUT2D eigenvalue weighted by Crippen LogP contribution is -2.44. The first-order chi connectivity index (χ1) is 14.6. The van der Waals surface area contributed by atoms with Gasteiger partial charge in [-0.2, -0.15) is 8.97 Å². The van der Waals surface area contributed by atoms with Crippen molar-refractivity contribution in [2.45, 2.75) is 12.9 Å². The van der Waals surface area contributed by atoms with Crippen LogP contribution in [0.25, 0.3) is 16.8 Å². The maximum absolute atomic E-state index is 13.2. The molecule has 0 fully saturated rings. The van der Waals surface area contributed by atoms with E-state index in [1.54, 1.807) is 12.1 Å². The van der Waals surface area contributed by atoms with E-state index in [0.29, 0.717) is 19.5 Å². The Bertz CT molecular complexity index is 1360. The van der Waals surface area contributed by atoms with Gasteiger partial charge in [-0.25, -0.2) is 9.78 Å². The first-order valence-corrected chi connectivity index (χ1v) is 10.5. The molecule has 0 unspecified atom stereocenters. The van der Waals surface area contributed by atoms with Crippen molar-refractivity contribution in [2.75, 3.05) is 0 Å². The number of aromatic hydroxyl groups is 1. The van der Waals surface area contributed by atoms with Crippen LogP contribution < -0.4 is 14.7 Å². The number of halogens is 5. The molecule has 0 atom stereocenters. The van der Waals surface area contributed by atoms with Crippen LogP contribution in [0.5, 0.6) is 11.6 Å². The Morgan fingerprint density at radius 3 is 2.74 bits per heavy atom. The van der Waals surface area contributed by atoms with E-state index in [1.165, 1.54) is 44.8 Å². The van der Waals surface area contributed by atoms with E-state index in [2.05, 4.69) is 25.7 Å². The number of fused-ring (bicyclic) bond motifs is 1. The number of hydrogen-bond acceptors (Lipinski definition) is 5. The second-order valence-corrected chi connectivity index (χ2v) is 8.85. The van der Waals surface area contributed by atoms with Crippen LogP contribution >= 0.6 is 38.9 Å². The molecule has 1 N–H and O–H groups in total. The molecule has 0 amide bonds. The van der Waals surface area contributed by atoms with Crippen LogP contribution in [0.2, 0.25) is 4.47 Å². The molecular formula is C19H11BrClF3N3O3S+. The fraction of sp³-hybridized carbons (Fsp3) is 0.105. The molecule has 0 aliphatic rings. The third-order valence-electron chi connectivity index (χ3n) is 4.28. The lowest BCUT2D eigenvalue weighted by molar-refractivity contribution is -0.532. The van der Waals surface area contributed by atoms with Crippen LogP contribution in [0.15, 0.2) is 58.1 Å². The quantitative estimate of drug-likeness (QED) is 0.384. The molecule has 1 aromatic carbocycles. The van der Waals surface area contributed by atoms with Gasteiger partial charge in [0, 0.05) is 11.8 Å². The Hall–Kier alpha value is -2.63. The lowest BCUT2D eigenvalue weighted by Gasteiger charge is -2.12. The maximum Gasteiger partial charge on any atom is 0.573 e. The zero-order valence-electron chi connectivity index (χ0n) is 15.2. The van der Waals surface area contributed by atoms with E-state index in [0.717, 1.165) is 12.1 Å². The Labute approximate surface area is 189 Å². The summed E-state index contributed by atoms with van der Waals surface area (Å²) < 4.78 is 45.4. The molecule has 0 aliphatic heterocycles. The summed E-state index contributed by atoms with van der Waals surface area (Å²) in [5.74, 6) is -0.936. The van der Waals surface area contributed by atoms with E-state index in [1.807, 2.05) is 0 Å². The Morgan fingerprint density at radius 1 is 1.29 bits per heavy atom. The first-order valence-electron chi connectivity index (χ1n) is 8.56. The third kappa shape index (κ3) is 4.39. The standard InChI is InChI=1S/C19H10BrClF3N3O3S/c20-13-5-2-6-26-15(13)27(9-12-8-25-18(21)31-12)17(29)14(16(26)28)10-3-1-4-11(7-10)30-19(22,23)24/h1-8H,9H2/p+1. The largest absolute Gasteiger partial charge is 0.573 e. The van der Waals surface area contributed by atoms with Crippen molar-refractivity contribution in [3.05, 3.63) is 73.0 Å². The van der Waals surface area contributed by atoms with Crippen LogP contribution in [0, 0.1) is 0 Å². The molecule has 3 aromatic heterocycles. The number of pyridine rings is 1. The number of rotatable bonds is 4. The summed E-state index contributed by atoms with van der Waals surface area (Å²) in [5, 5.41) is 11.1. The van der Waals surface area contributed by atoms with Crippen LogP contribution in [0.4, 0.5) is 13.2 Å². The number of nitrogens with zero attached hydrogens (tertiary/aromatic N) is 3. The van der Waals surface area contributed by atoms with Gasteiger partial charge in [-0.1, -0.05) is 23.7 Å². The minimum absolute atomic E-state index is 0.0645. The van der Waals surface area contributed by atoms with Gasteiger partial charge in [-0.3, -0.25) is 0 Å². The summed E-state index contributed by atoms with van der Waals surface area (Å²) in [5.41, 5.74) is -0.383. The normalized spacial score (nSPS) is 11.8. The number of thiazole rings is 1. The zero-order chi connectivity index (χ0) is 22.3. The Balaban J connectivity index is 1.97. The Morgan fingerprint density at radius 2 is 2.06 bits per heavy atom.